The maximum absolute atomic E-state index is 13.9. The van der Waals surface area contributed by atoms with Crippen LogP contribution in [0.3, 0.4) is 0 Å². The van der Waals surface area contributed by atoms with Crippen LogP contribution in [0.4, 0.5) is 4.39 Å². The number of allylic oxidation sites excluding steroid dienone is 1. The summed E-state index contributed by atoms with van der Waals surface area (Å²) in [6.07, 6.45) is 3.43. The number of thiazole rings is 1. The number of ether oxygens (including phenoxy) is 3. The number of esters is 1. The van der Waals surface area contributed by atoms with Crippen molar-refractivity contribution in [2.24, 2.45) is 4.99 Å². The Morgan fingerprint density at radius 3 is 2.43 bits per heavy atom. The van der Waals surface area contributed by atoms with Crippen molar-refractivity contribution in [1.82, 2.24) is 4.57 Å². The lowest BCUT2D eigenvalue weighted by molar-refractivity contribution is -0.139. The summed E-state index contributed by atoms with van der Waals surface area (Å²) in [6.45, 7) is 7.81. The van der Waals surface area contributed by atoms with E-state index >= 15 is 0 Å². The van der Waals surface area contributed by atoms with Gasteiger partial charge in [-0.1, -0.05) is 66.5 Å². The van der Waals surface area contributed by atoms with E-state index in [4.69, 9.17) is 14.2 Å². The molecule has 214 valence electrons. The maximum Gasteiger partial charge on any atom is 0.338 e. The zero-order chi connectivity index (χ0) is 29.6. The fraction of sp³-hybridized carbons (Fsp3) is 0.182. The highest BCUT2D eigenvalue weighted by atomic mass is 32.1. The number of hydrogen-bond donors (Lipinski definition) is 0. The van der Waals surface area contributed by atoms with Gasteiger partial charge in [0.25, 0.3) is 5.56 Å². The summed E-state index contributed by atoms with van der Waals surface area (Å²) in [6, 6.07) is 20.2. The van der Waals surface area contributed by atoms with Crippen LogP contribution in [-0.4, -0.2) is 23.8 Å². The third-order valence-electron chi connectivity index (χ3n) is 6.61. The predicted molar refractivity (Wildman–Crippen MR) is 160 cm³/mol. The third kappa shape index (κ3) is 6.11. The molecule has 0 bridgehead atoms. The van der Waals surface area contributed by atoms with E-state index in [-0.39, 0.29) is 24.6 Å². The molecule has 5 rings (SSSR count). The van der Waals surface area contributed by atoms with Gasteiger partial charge in [0.2, 0.25) is 0 Å². The topological polar surface area (TPSA) is 79.1 Å². The summed E-state index contributed by atoms with van der Waals surface area (Å²) in [5.74, 6) is 0.384. The van der Waals surface area contributed by atoms with Crippen molar-refractivity contribution in [2.75, 3.05) is 13.2 Å². The Balaban J connectivity index is 1.49. The zero-order valence-electron chi connectivity index (χ0n) is 23.2. The van der Waals surface area contributed by atoms with Gasteiger partial charge in [0.15, 0.2) is 4.80 Å². The van der Waals surface area contributed by atoms with Crippen LogP contribution >= 0.6 is 11.3 Å². The summed E-state index contributed by atoms with van der Waals surface area (Å²) in [5.41, 5.74) is 2.50. The summed E-state index contributed by atoms with van der Waals surface area (Å²) < 4.78 is 32.6. The molecule has 42 heavy (non-hydrogen) atoms. The van der Waals surface area contributed by atoms with Gasteiger partial charge in [0.1, 0.15) is 30.5 Å². The molecular formula is C33H29FN2O5S. The van der Waals surface area contributed by atoms with Crippen LogP contribution in [0.5, 0.6) is 11.5 Å². The van der Waals surface area contributed by atoms with E-state index in [0.29, 0.717) is 44.3 Å². The first-order chi connectivity index (χ1) is 20.4. The number of benzene rings is 3. The van der Waals surface area contributed by atoms with E-state index in [1.807, 2.05) is 24.3 Å². The Morgan fingerprint density at radius 2 is 1.74 bits per heavy atom. The zero-order valence-corrected chi connectivity index (χ0v) is 24.0. The smallest absolute Gasteiger partial charge is 0.338 e. The van der Waals surface area contributed by atoms with Crippen LogP contribution in [0.25, 0.3) is 6.08 Å². The summed E-state index contributed by atoms with van der Waals surface area (Å²) in [4.78, 5) is 32.0. The van der Waals surface area contributed by atoms with Crippen molar-refractivity contribution >= 4 is 23.4 Å². The molecule has 0 N–H and O–H groups in total. The first-order valence-corrected chi connectivity index (χ1v) is 14.2. The number of nitrogens with zero attached hydrogens (tertiary/aromatic N) is 2. The maximum atomic E-state index is 13.9. The highest BCUT2D eigenvalue weighted by Gasteiger charge is 2.33. The molecule has 9 heteroatoms. The number of hydrogen-bond acceptors (Lipinski definition) is 7. The number of carbonyl (C=O) groups is 1. The van der Waals surface area contributed by atoms with Crippen molar-refractivity contribution < 1.29 is 23.4 Å². The van der Waals surface area contributed by atoms with Crippen molar-refractivity contribution in [2.45, 2.75) is 26.5 Å². The van der Waals surface area contributed by atoms with Gasteiger partial charge in [-0.25, -0.2) is 14.2 Å². The van der Waals surface area contributed by atoms with E-state index in [2.05, 4.69) is 11.6 Å². The fourth-order valence-electron chi connectivity index (χ4n) is 4.60. The first kappa shape index (κ1) is 28.8. The molecule has 0 amide bonds. The second-order valence-electron chi connectivity index (χ2n) is 9.42. The van der Waals surface area contributed by atoms with Crippen molar-refractivity contribution in [1.29, 1.82) is 0 Å². The largest absolute Gasteiger partial charge is 0.490 e. The number of fused-ring (bicyclic) bond motifs is 1. The number of rotatable bonds is 10. The van der Waals surface area contributed by atoms with E-state index in [9.17, 15) is 14.0 Å². The summed E-state index contributed by atoms with van der Waals surface area (Å²) in [7, 11) is 0. The normalized spacial score (nSPS) is 14.6. The number of carbonyl (C=O) groups excluding carboxylic acids is 1. The van der Waals surface area contributed by atoms with Crippen molar-refractivity contribution in [3.05, 3.63) is 139 Å². The lowest BCUT2D eigenvalue weighted by Gasteiger charge is -2.24. The minimum atomic E-state index is -0.718. The van der Waals surface area contributed by atoms with E-state index in [0.717, 1.165) is 11.1 Å². The second-order valence-corrected chi connectivity index (χ2v) is 10.4. The lowest BCUT2D eigenvalue weighted by Crippen LogP contribution is -2.39. The molecule has 1 aromatic heterocycles. The molecule has 0 aliphatic carbocycles. The molecule has 0 saturated carbocycles. The van der Waals surface area contributed by atoms with Crippen LogP contribution in [0.2, 0.25) is 0 Å². The van der Waals surface area contributed by atoms with Crippen LogP contribution in [0.1, 0.15) is 36.6 Å². The van der Waals surface area contributed by atoms with Gasteiger partial charge in [-0.05, 0) is 61.4 Å². The Kier molecular flexibility index (Phi) is 8.78. The monoisotopic (exact) mass is 584 g/mol. The van der Waals surface area contributed by atoms with Gasteiger partial charge < -0.3 is 14.2 Å². The number of aromatic nitrogens is 1. The molecule has 0 spiro atoms. The van der Waals surface area contributed by atoms with Gasteiger partial charge in [0.05, 0.1) is 28.5 Å². The third-order valence-corrected chi connectivity index (χ3v) is 7.59. The van der Waals surface area contributed by atoms with Gasteiger partial charge in [-0.2, -0.15) is 0 Å². The predicted octanol–water partition coefficient (Wildman–Crippen LogP) is 5.08. The van der Waals surface area contributed by atoms with E-state index in [1.165, 1.54) is 17.4 Å². The highest BCUT2D eigenvalue weighted by molar-refractivity contribution is 7.07. The molecule has 4 aromatic rings. The Hall–Kier alpha value is -4.76. The van der Waals surface area contributed by atoms with Gasteiger partial charge in [-0.3, -0.25) is 9.36 Å². The molecule has 0 unspecified atom stereocenters. The molecule has 0 saturated heterocycles. The molecule has 1 aliphatic heterocycles. The van der Waals surface area contributed by atoms with Gasteiger partial charge in [-0.15, -0.1) is 0 Å². The molecule has 0 fully saturated rings. The highest BCUT2D eigenvalue weighted by Crippen LogP contribution is 2.31. The molecule has 0 radical (unpaired) electrons. The standard InChI is InChI=1S/C33H29FN2O5S/c1-4-18-40-25-16-12-23(13-17-25)30-29(32(38)39-5-2)21(3)35-33-36(30)31(37)28(42-33)19-22-10-14-26(15-11-22)41-20-24-8-6-7-9-27(24)34/h4,6-17,19,30H,1,5,18,20H2,2-3H3/b28-19-/t30-/m0/s1. The van der Waals surface area contributed by atoms with Crippen LogP contribution in [0, 0.1) is 5.82 Å². The molecule has 2 heterocycles. The fourth-order valence-corrected chi connectivity index (χ4v) is 5.64. The Labute approximate surface area is 246 Å². The SMILES string of the molecule is C=CCOc1ccc([C@H]2C(C(=O)OCC)=C(C)N=c3s/c(=C\c4ccc(OCc5ccccc5F)cc4)c(=O)n32)cc1. The molecule has 1 atom stereocenters. The molecule has 3 aromatic carbocycles. The van der Waals surface area contributed by atoms with Crippen molar-refractivity contribution in [3.8, 4) is 11.5 Å². The Morgan fingerprint density at radius 1 is 1.05 bits per heavy atom. The minimum absolute atomic E-state index is 0.105. The van der Waals surface area contributed by atoms with E-state index in [1.54, 1.807) is 73.0 Å². The first-order valence-electron chi connectivity index (χ1n) is 13.4. The summed E-state index contributed by atoms with van der Waals surface area (Å²) >= 11 is 1.25. The average Bonchev–Trinajstić information content (AvgIpc) is 3.29. The average molecular weight is 585 g/mol. The molecule has 7 nitrogen and oxygen atoms in total. The minimum Gasteiger partial charge on any atom is -0.490 e. The number of halogens is 1. The van der Waals surface area contributed by atoms with Crippen molar-refractivity contribution in [3.63, 3.8) is 0 Å². The lowest BCUT2D eigenvalue weighted by atomic mass is 9.96. The van der Waals surface area contributed by atoms with E-state index < -0.39 is 12.0 Å². The van der Waals surface area contributed by atoms with Crippen LogP contribution < -0.4 is 24.4 Å². The summed E-state index contributed by atoms with van der Waals surface area (Å²) in [5, 5.41) is 0. The van der Waals surface area contributed by atoms with Crippen LogP contribution in [0.15, 0.2) is 107 Å². The quantitative estimate of drug-likeness (QED) is 0.192. The Bertz CT molecular complexity index is 1820. The van der Waals surface area contributed by atoms with Gasteiger partial charge >= 0.3 is 5.97 Å². The van der Waals surface area contributed by atoms with Crippen LogP contribution in [-0.2, 0) is 16.1 Å². The van der Waals surface area contributed by atoms with Gasteiger partial charge in [0, 0.05) is 5.56 Å². The molecular weight excluding hydrogens is 555 g/mol. The second kappa shape index (κ2) is 12.8. The molecule has 1 aliphatic rings.